The fraction of sp³-hybridized carbons (Fsp3) is 0.353. The lowest BCUT2D eigenvalue weighted by Crippen LogP contribution is -2.32. The third-order valence-corrected chi connectivity index (χ3v) is 3.47. The molecular weight excluding hydrogens is 328 g/mol. The number of aliphatic hydroxyl groups excluding tert-OH is 1. The van der Waals surface area contributed by atoms with Crippen LogP contribution in [0.3, 0.4) is 0 Å². The van der Waals surface area contributed by atoms with Crippen LogP contribution in [0.4, 0.5) is 10.5 Å². The number of hydrogen-bond acceptors (Lipinski definition) is 6. The van der Waals surface area contributed by atoms with Crippen molar-refractivity contribution in [2.24, 2.45) is 0 Å². The van der Waals surface area contributed by atoms with Gasteiger partial charge in [0.05, 0.1) is 33.6 Å². The molecule has 2 aromatic rings. The number of furan rings is 1. The quantitative estimate of drug-likeness (QED) is 0.709. The Morgan fingerprint density at radius 1 is 1.16 bits per heavy atom. The van der Waals surface area contributed by atoms with Gasteiger partial charge < -0.3 is 34.4 Å². The van der Waals surface area contributed by atoms with Gasteiger partial charge in [-0.2, -0.15) is 0 Å². The first-order valence-electron chi connectivity index (χ1n) is 7.57. The number of methoxy groups -OCH3 is 3. The molecule has 0 saturated heterocycles. The Morgan fingerprint density at radius 2 is 1.80 bits per heavy atom. The minimum atomic E-state index is -0.931. The van der Waals surface area contributed by atoms with Crippen LogP contribution in [0.1, 0.15) is 17.6 Å². The molecule has 0 aliphatic heterocycles. The van der Waals surface area contributed by atoms with E-state index in [0.717, 1.165) is 0 Å². The van der Waals surface area contributed by atoms with Crippen LogP contribution in [0.5, 0.6) is 17.2 Å². The molecule has 1 unspecified atom stereocenters. The molecule has 8 nitrogen and oxygen atoms in total. The van der Waals surface area contributed by atoms with Gasteiger partial charge in [0, 0.05) is 12.1 Å². The summed E-state index contributed by atoms with van der Waals surface area (Å²) in [7, 11) is 4.48. The van der Waals surface area contributed by atoms with Crippen molar-refractivity contribution in [1.29, 1.82) is 0 Å². The lowest BCUT2D eigenvalue weighted by Gasteiger charge is -2.15. The minimum absolute atomic E-state index is 0.00319. The molecule has 0 bridgehead atoms. The Kier molecular flexibility index (Phi) is 6.13. The molecule has 1 heterocycles. The predicted molar refractivity (Wildman–Crippen MR) is 91.5 cm³/mol. The molecule has 2 amide bonds. The number of urea groups is 1. The maximum atomic E-state index is 12.0. The van der Waals surface area contributed by atoms with E-state index in [4.69, 9.17) is 18.6 Å². The van der Waals surface area contributed by atoms with E-state index >= 15 is 0 Å². The van der Waals surface area contributed by atoms with Crippen LogP contribution in [0.15, 0.2) is 28.7 Å². The van der Waals surface area contributed by atoms with E-state index in [0.29, 0.717) is 34.5 Å². The molecule has 2 rings (SSSR count). The topological polar surface area (TPSA) is 102 Å². The number of aliphatic hydroxyl groups is 1. The molecule has 25 heavy (non-hydrogen) atoms. The van der Waals surface area contributed by atoms with Crippen molar-refractivity contribution in [3.8, 4) is 17.2 Å². The summed E-state index contributed by atoms with van der Waals surface area (Å²) in [6.07, 6.45) is -0.931. The van der Waals surface area contributed by atoms with Gasteiger partial charge in [0.2, 0.25) is 5.75 Å². The average Bonchev–Trinajstić information content (AvgIpc) is 3.05. The Morgan fingerprint density at radius 3 is 2.28 bits per heavy atom. The lowest BCUT2D eigenvalue weighted by atomic mass is 10.2. The minimum Gasteiger partial charge on any atom is -0.493 e. The molecule has 1 aromatic heterocycles. The Bertz CT molecular complexity index is 703. The van der Waals surface area contributed by atoms with E-state index in [1.54, 1.807) is 31.2 Å². The van der Waals surface area contributed by atoms with Crippen LogP contribution in [0.25, 0.3) is 0 Å². The first-order valence-corrected chi connectivity index (χ1v) is 7.57. The zero-order chi connectivity index (χ0) is 18.4. The van der Waals surface area contributed by atoms with Crippen molar-refractivity contribution < 1.29 is 28.5 Å². The molecule has 3 N–H and O–H groups in total. The van der Waals surface area contributed by atoms with Gasteiger partial charge in [-0.25, -0.2) is 4.79 Å². The smallest absolute Gasteiger partial charge is 0.319 e. The monoisotopic (exact) mass is 350 g/mol. The third kappa shape index (κ3) is 4.57. The number of rotatable bonds is 7. The summed E-state index contributed by atoms with van der Waals surface area (Å²) >= 11 is 0. The molecule has 0 aliphatic carbocycles. The molecule has 0 spiro atoms. The number of amides is 2. The van der Waals surface area contributed by atoms with Crippen molar-refractivity contribution in [3.63, 3.8) is 0 Å². The fourth-order valence-corrected chi connectivity index (χ4v) is 2.25. The summed E-state index contributed by atoms with van der Waals surface area (Å²) in [5.74, 6) is 2.35. The van der Waals surface area contributed by atoms with Gasteiger partial charge in [-0.3, -0.25) is 0 Å². The summed E-state index contributed by atoms with van der Waals surface area (Å²) in [6.45, 7) is 1.78. The molecule has 1 aromatic carbocycles. The highest BCUT2D eigenvalue weighted by Crippen LogP contribution is 2.39. The van der Waals surface area contributed by atoms with Gasteiger partial charge in [-0.1, -0.05) is 0 Å². The Labute approximate surface area is 145 Å². The van der Waals surface area contributed by atoms with Gasteiger partial charge in [0.25, 0.3) is 0 Å². The first kappa shape index (κ1) is 18.5. The number of nitrogens with one attached hydrogen (secondary N) is 2. The zero-order valence-electron chi connectivity index (χ0n) is 14.6. The third-order valence-electron chi connectivity index (χ3n) is 3.47. The number of benzene rings is 1. The van der Waals surface area contributed by atoms with E-state index in [9.17, 15) is 9.90 Å². The Balaban J connectivity index is 2.00. The van der Waals surface area contributed by atoms with E-state index in [1.807, 2.05) is 0 Å². The van der Waals surface area contributed by atoms with Crippen LogP contribution in [0, 0.1) is 6.92 Å². The molecular formula is C17H22N2O6. The van der Waals surface area contributed by atoms with E-state index in [-0.39, 0.29) is 6.54 Å². The van der Waals surface area contributed by atoms with Crippen LogP contribution in [0.2, 0.25) is 0 Å². The normalized spacial score (nSPS) is 11.6. The fourth-order valence-electron chi connectivity index (χ4n) is 2.25. The predicted octanol–water partition coefficient (Wildman–Crippen LogP) is 2.47. The molecule has 136 valence electrons. The lowest BCUT2D eigenvalue weighted by molar-refractivity contribution is 0.148. The van der Waals surface area contributed by atoms with Crippen molar-refractivity contribution >= 4 is 11.7 Å². The number of ether oxygens (including phenoxy) is 3. The highest BCUT2D eigenvalue weighted by Gasteiger charge is 2.16. The number of anilines is 1. The van der Waals surface area contributed by atoms with Crippen LogP contribution >= 0.6 is 0 Å². The van der Waals surface area contributed by atoms with Crippen molar-refractivity contribution in [2.45, 2.75) is 13.0 Å². The first-order chi connectivity index (χ1) is 12.0. The highest BCUT2D eigenvalue weighted by atomic mass is 16.5. The van der Waals surface area contributed by atoms with Crippen molar-refractivity contribution in [1.82, 2.24) is 5.32 Å². The standard InChI is InChI=1S/C17H22N2O6/c1-10-5-6-13(25-10)12(20)9-18-17(21)19-11-7-14(22-2)16(24-4)15(8-11)23-3/h5-8,12,20H,9H2,1-4H3,(H2,18,19,21). The second-order valence-electron chi connectivity index (χ2n) is 5.21. The second kappa shape index (κ2) is 8.29. The zero-order valence-corrected chi connectivity index (χ0v) is 14.6. The van der Waals surface area contributed by atoms with Crippen molar-refractivity contribution in [2.75, 3.05) is 33.2 Å². The molecule has 1 atom stereocenters. The molecule has 0 saturated carbocycles. The molecule has 0 radical (unpaired) electrons. The summed E-state index contributed by atoms with van der Waals surface area (Å²) in [4.78, 5) is 12.0. The Hall–Kier alpha value is -2.87. The van der Waals surface area contributed by atoms with Gasteiger partial charge in [0.1, 0.15) is 17.6 Å². The second-order valence-corrected chi connectivity index (χ2v) is 5.21. The van der Waals surface area contributed by atoms with Gasteiger partial charge >= 0.3 is 6.03 Å². The van der Waals surface area contributed by atoms with Crippen molar-refractivity contribution in [3.05, 3.63) is 35.8 Å². The molecule has 0 fully saturated rings. The van der Waals surface area contributed by atoms with Gasteiger partial charge in [-0.15, -0.1) is 0 Å². The number of aryl methyl sites for hydroxylation is 1. The maximum Gasteiger partial charge on any atom is 0.319 e. The van der Waals surface area contributed by atoms with Crippen LogP contribution < -0.4 is 24.8 Å². The average molecular weight is 350 g/mol. The SMILES string of the molecule is COc1cc(NC(=O)NCC(O)c2ccc(C)o2)cc(OC)c1OC. The number of hydrogen-bond donors (Lipinski definition) is 3. The van der Waals surface area contributed by atoms with Crippen LogP contribution in [-0.4, -0.2) is 39.0 Å². The number of carbonyl (C=O) groups excluding carboxylic acids is 1. The van der Waals surface area contributed by atoms with Gasteiger partial charge in [0.15, 0.2) is 11.5 Å². The highest BCUT2D eigenvalue weighted by molar-refractivity contribution is 5.90. The summed E-state index contributed by atoms with van der Waals surface area (Å²) in [5.41, 5.74) is 0.454. The number of carbonyl (C=O) groups is 1. The maximum absolute atomic E-state index is 12.0. The molecule has 0 aliphatic rings. The van der Waals surface area contributed by atoms with Crippen LogP contribution in [-0.2, 0) is 0 Å². The summed E-state index contributed by atoms with van der Waals surface area (Å²) in [6, 6.07) is 6.13. The summed E-state index contributed by atoms with van der Waals surface area (Å²) in [5, 5.41) is 15.2. The van der Waals surface area contributed by atoms with E-state index in [1.165, 1.54) is 21.3 Å². The van der Waals surface area contributed by atoms with E-state index in [2.05, 4.69) is 10.6 Å². The largest absolute Gasteiger partial charge is 0.493 e. The summed E-state index contributed by atoms with van der Waals surface area (Å²) < 4.78 is 21.0. The molecule has 8 heteroatoms. The van der Waals surface area contributed by atoms with E-state index < -0.39 is 12.1 Å². The van der Waals surface area contributed by atoms with Gasteiger partial charge in [-0.05, 0) is 19.1 Å².